The van der Waals surface area contributed by atoms with E-state index >= 15 is 0 Å². The van der Waals surface area contributed by atoms with Gasteiger partial charge in [0.25, 0.3) is 0 Å². The van der Waals surface area contributed by atoms with E-state index in [1.165, 1.54) is 18.2 Å². The zero-order valence-electron chi connectivity index (χ0n) is 13.7. The summed E-state index contributed by atoms with van der Waals surface area (Å²) >= 11 is 0. The van der Waals surface area contributed by atoms with E-state index in [-0.39, 0.29) is 5.69 Å². The molecule has 0 saturated heterocycles. The van der Waals surface area contributed by atoms with Crippen LogP contribution in [0.1, 0.15) is 11.1 Å². The number of benzene rings is 2. The summed E-state index contributed by atoms with van der Waals surface area (Å²) < 4.78 is 38.8. The van der Waals surface area contributed by atoms with E-state index < -0.39 is 28.3 Å². The fourth-order valence-electron chi connectivity index (χ4n) is 2.35. The molecule has 0 atom stereocenters. The van der Waals surface area contributed by atoms with Crippen LogP contribution in [0.25, 0.3) is 0 Å². The van der Waals surface area contributed by atoms with Gasteiger partial charge >= 0.3 is 0 Å². The van der Waals surface area contributed by atoms with Crippen LogP contribution in [0.2, 0.25) is 0 Å². The Morgan fingerprint density at radius 3 is 2.42 bits per heavy atom. The van der Waals surface area contributed by atoms with Gasteiger partial charge in [-0.05, 0) is 37.6 Å². The predicted octanol–water partition coefficient (Wildman–Crippen LogP) is 2.85. The molecule has 0 saturated carbocycles. The van der Waals surface area contributed by atoms with Crippen molar-refractivity contribution in [2.75, 3.05) is 22.4 Å². The highest BCUT2D eigenvalue weighted by Gasteiger charge is 2.22. The van der Waals surface area contributed by atoms with Crippen molar-refractivity contribution in [2.45, 2.75) is 13.8 Å². The highest BCUT2D eigenvalue weighted by Crippen LogP contribution is 2.23. The average molecular weight is 350 g/mol. The van der Waals surface area contributed by atoms with Crippen molar-refractivity contribution >= 4 is 27.3 Å². The molecule has 0 spiro atoms. The quantitative estimate of drug-likeness (QED) is 0.902. The first-order valence-electron chi connectivity index (χ1n) is 7.28. The molecule has 0 radical (unpaired) electrons. The standard InChI is InChI=1S/C17H19FN2O3S/c1-12-8-9-16(13(2)10-12)20(24(3,22)23)11-17(21)19-15-7-5-4-6-14(15)18/h4-10H,11H2,1-3H3,(H,19,21). The van der Waals surface area contributed by atoms with Crippen LogP contribution in [-0.4, -0.2) is 27.1 Å². The number of rotatable bonds is 5. The number of carbonyl (C=O) groups is 1. The minimum absolute atomic E-state index is 0.0107. The Bertz CT molecular complexity index is 866. The van der Waals surface area contributed by atoms with E-state index in [0.717, 1.165) is 21.7 Å². The lowest BCUT2D eigenvalue weighted by Crippen LogP contribution is -2.38. The van der Waals surface area contributed by atoms with Crippen LogP contribution in [0.5, 0.6) is 0 Å². The lowest BCUT2D eigenvalue weighted by Gasteiger charge is -2.24. The molecule has 2 rings (SSSR count). The first-order chi connectivity index (χ1) is 11.2. The Labute approximate surface area is 141 Å². The number of amides is 1. The average Bonchev–Trinajstić information content (AvgIpc) is 2.47. The molecule has 0 heterocycles. The Kier molecular flexibility index (Phi) is 5.23. The molecular weight excluding hydrogens is 331 g/mol. The van der Waals surface area contributed by atoms with Gasteiger partial charge < -0.3 is 5.32 Å². The summed E-state index contributed by atoms with van der Waals surface area (Å²) in [5.74, 6) is -1.20. The molecule has 128 valence electrons. The van der Waals surface area contributed by atoms with Crippen LogP contribution in [0.4, 0.5) is 15.8 Å². The Morgan fingerprint density at radius 2 is 1.83 bits per heavy atom. The summed E-state index contributed by atoms with van der Waals surface area (Å²) in [4.78, 5) is 12.2. The molecule has 0 aliphatic rings. The van der Waals surface area contributed by atoms with Gasteiger partial charge in [0, 0.05) is 0 Å². The molecular formula is C17H19FN2O3S. The lowest BCUT2D eigenvalue weighted by molar-refractivity contribution is -0.114. The van der Waals surface area contributed by atoms with Crippen LogP contribution in [0.3, 0.4) is 0 Å². The minimum atomic E-state index is -3.67. The zero-order chi connectivity index (χ0) is 17.9. The molecule has 5 nitrogen and oxygen atoms in total. The third-order valence-corrected chi connectivity index (χ3v) is 4.58. The monoisotopic (exact) mass is 350 g/mol. The van der Waals surface area contributed by atoms with Crippen molar-refractivity contribution in [2.24, 2.45) is 0 Å². The number of halogens is 1. The Hall–Kier alpha value is -2.41. The molecule has 2 aromatic carbocycles. The van der Waals surface area contributed by atoms with Gasteiger partial charge in [-0.2, -0.15) is 0 Å². The van der Waals surface area contributed by atoms with Crippen LogP contribution in [0.15, 0.2) is 42.5 Å². The van der Waals surface area contributed by atoms with Gasteiger partial charge in [-0.25, -0.2) is 12.8 Å². The maximum Gasteiger partial charge on any atom is 0.245 e. The van der Waals surface area contributed by atoms with Crippen molar-refractivity contribution in [3.63, 3.8) is 0 Å². The number of carbonyl (C=O) groups excluding carboxylic acids is 1. The van der Waals surface area contributed by atoms with Crippen molar-refractivity contribution in [1.82, 2.24) is 0 Å². The van der Waals surface area contributed by atoms with E-state index in [1.54, 1.807) is 25.1 Å². The number of para-hydroxylation sites is 1. The van der Waals surface area contributed by atoms with Gasteiger partial charge in [-0.3, -0.25) is 9.10 Å². The highest BCUT2D eigenvalue weighted by molar-refractivity contribution is 7.92. The second-order valence-corrected chi connectivity index (χ2v) is 7.49. The number of hydrogen-bond donors (Lipinski definition) is 1. The number of aryl methyl sites for hydroxylation is 2. The molecule has 24 heavy (non-hydrogen) atoms. The third-order valence-electron chi connectivity index (χ3n) is 3.46. The van der Waals surface area contributed by atoms with E-state index in [9.17, 15) is 17.6 Å². The molecule has 0 aliphatic carbocycles. The topological polar surface area (TPSA) is 66.5 Å². The van der Waals surface area contributed by atoms with Crippen molar-refractivity contribution in [3.05, 3.63) is 59.4 Å². The number of sulfonamides is 1. The molecule has 0 unspecified atom stereocenters. The van der Waals surface area contributed by atoms with Gasteiger partial charge in [-0.1, -0.05) is 29.8 Å². The second kappa shape index (κ2) is 7.00. The van der Waals surface area contributed by atoms with Gasteiger partial charge in [0.15, 0.2) is 0 Å². The summed E-state index contributed by atoms with van der Waals surface area (Å²) in [5.41, 5.74) is 2.16. The molecule has 1 N–H and O–H groups in total. The van der Waals surface area contributed by atoms with E-state index in [0.29, 0.717) is 5.69 Å². The number of anilines is 2. The van der Waals surface area contributed by atoms with Crippen molar-refractivity contribution in [1.29, 1.82) is 0 Å². The van der Waals surface area contributed by atoms with Crippen LogP contribution in [0, 0.1) is 19.7 Å². The maximum absolute atomic E-state index is 13.6. The predicted molar refractivity (Wildman–Crippen MR) is 93.1 cm³/mol. The normalized spacial score (nSPS) is 11.2. The van der Waals surface area contributed by atoms with Crippen molar-refractivity contribution < 1.29 is 17.6 Å². The fourth-order valence-corrected chi connectivity index (χ4v) is 3.26. The first kappa shape index (κ1) is 17.9. The van der Waals surface area contributed by atoms with Gasteiger partial charge in [-0.15, -0.1) is 0 Å². The molecule has 7 heteroatoms. The van der Waals surface area contributed by atoms with Gasteiger partial charge in [0.05, 0.1) is 17.6 Å². The SMILES string of the molecule is Cc1ccc(N(CC(=O)Nc2ccccc2F)S(C)(=O)=O)c(C)c1. The summed E-state index contributed by atoms with van der Waals surface area (Å²) in [7, 11) is -3.67. The fraction of sp³-hybridized carbons (Fsp3) is 0.235. The van der Waals surface area contributed by atoms with Crippen LogP contribution in [-0.2, 0) is 14.8 Å². The molecule has 0 aliphatic heterocycles. The van der Waals surface area contributed by atoms with E-state index in [2.05, 4.69) is 5.32 Å². The smallest absolute Gasteiger partial charge is 0.245 e. The van der Waals surface area contributed by atoms with E-state index in [1.807, 2.05) is 13.0 Å². The summed E-state index contributed by atoms with van der Waals surface area (Å²) in [6.45, 7) is 3.23. The summed E-state index contributed by atoms with van der Waals surface area (Å²) in [6, 6.07) is 11.0. The van der Waals surface area contributed by atoms with Crippen molar-refractivity contribution in [3.8, 4) is 0 Å². The lowest BCUT2D eigenvalue weighted by atomic mass is 10.1. The second-order valence-electron chi connectivity index (χ2n) is 5.59. The molecule has 2 aromatic rings. The minimum Gasteiger partial charge on any atom is -0.322 e. The van der Waals surface area contributed by atoms with Crippen LogP contribution >= 0.6 is 0 Å². The van der Waals surface area contributed by atoms with E-state index in [4.69, 9.17) is 0 Å². The van der Waals surface area contributed by atoms with Gasteiger partial charge in [0.2, 0.25) is 15.9 Å². The van der Waals surface area contributed by atoms with Gasteiger partial charge in [0.1, 0.15) is 12.4 Å². The number of nitrogens with one attached hydrogen (secondary N) is 1. The largest absolute Gasteiger partial charge is 0.322 e. The Morgan fingerprint density at radius 1 is 1.17 bits per heavy atom. The Balaban J connectivity index is 2.27. The molecule has 0 aromatic heterocycles. The zero-order valence-corrected chi connectivity index (χ0v) is 14.5. The maximum atomic E-state index is 13.6. The molecule has 0 bridgehead atoms. The highest BCUT2D eigenvalue weighted by atomic mass is 32.2. The molecule has 1 amide bonds. The number of hydrogen-bond acceptors (Lipinski definition) is 3. The molecule has 0 fully saturated rings. The third kappa shape index (κ3) is 4.32. The van der Waals surface area contributed by atoms with Crippen LogP contribution < -0.4 is 9.62 Å². The number of nitrogens with zero attached hydrogens (tertiary/aromatic N) is 1. The summed E-state index contributed by atoms with van der Waals surface area (Å²) in [6.07, 6.45) is 1.03. The first-order valence-corrected chi connectivity index (χ1v) is 9.12. The summed E-state index contributed by atoms with van der Waals surface area (Å²) in [5, 5.41) is 2.39.